The molecule has 3 aromatic heterocycles. The van der Waals surface area contributed by atoms with Crippen molar-refractivity contribution in [2.24, 2.45) is 0 Å². The van der Waals surface area contributed by atoms with Gasteiger partial charge in [0.2, 0.25) is 5.91 Å². The van der Waals surface area contributed by atoms with Crippen LogP contribution in [0.15, 0.2) is 49.1 Å². The van der Waals surface area contributed by atoms with Gasteiger partial charge in [-0.15, -0.1) is 10.2 Å². The van der Waals surface area contributed by atoms with E-state index in [4.69, 9.17) is 0 Å². The first-order valence-corrected chi connectivity index (χ1v) is 8.59. The summed E-state index contributed by atoms with van der Waals surface area (Å²) < 4.78 is 3.36. The lowest BCUT2D eigenvalue weighted by molar-refractivity contribution is -0.134. The van der Waals surface area contributed by atoms with Gasteiger partial charge < -0.3 is 9.80 Å². The van der Waals surface area contributed by atoms with Crippen molar-refractivity contribution in [1.29, 1.82) is 0 Å². The van der Waals surface area contributed by atoms with Gasteiger partial charge in [0.1, 0.15) is 6.04 Å². The predicted octanol–water partition coefficient (Wildman–Crippen LogP) is 0.769. The van der Waals surface area contributed by atoms with Gasteiger partial charge in [0.05, 0.1) is 0 Å². The molecule has 1 fully saturated rings. The van der Waals surface area contributed by atoms with Crippen LogP contribution >= 0.6 is 0 Å². The van der Waals surface area contributed by atoms with Gasteiger partial charge in [0.15, 0.2) is 11.6 Å². The molecule has 0 saturated carbocycles. The maximum absolute atomic E-state index is 12.6. The second-order valence-corrected chi connectivity index (χ2v) is 6.17. The maximum atomic E-state index is 12.6. The van der Waals surface area contributed by atoms with Crippen molar-refractivity contribution >= 4 is 11.7 Å². The Morgan fingerprint density at radius 2 is 1.65 bits per heavy atom. The number of carbonyl (C=O) groups is 1. The number of rotatable bonds is 4. The number of piperazine rings is 1. The normalized spacial score (nSPS) is 15.9. The third-order valence-electron chi connectivity index (χ3n) is 4.57. The molecule has 1 saturated heterocycles. The van der Waals surface area contributed by atoms with E-state index < -0.39 is 0 Å². The predicted molar refractivity (Wildman–Crippen MR) is 94.9 cm³/mol. The Morgan fingerprint density at radius 3 is 2.27 bits per heavy atom. The molecule has 4 heterocycles. The van der Waals surface area contributed by atoms with E-state index >= 15 is 0 Å². The lowest BCUT2D eigenvalue weighted by Crippen LogP contribution is -2.50. The summed E-state index contributed by atoms with van der Waals surface area (Å²) in [6.45, 7) is 4.65. The smallest absolute Gasteiger partial charge is 0.247 e. The Morgan fingerprint density at radius 1 is 0.962 bits per heavy atom. The molecule has 134 valence electrons. The minimum atomic E-state index is -0.287. The number of carbonyl (C=O) groups excluding carboxylic acids is 1. The van der Waals surface area contributed by atoms with Crippen molar-refractivity contribution in [2.45, 2.75) is 13.0 Å². The molecule has 4 rings (SSSR count). The van der Waals surface area contributed by atoms with Crippen LogP contribution in [0.3, 0.4) is 0 Å². The molecule has 26 heavy (non-hydrogen) atoms. The van der Waals surface area contributed by atoms with Gasteiger partial charge in [-0.2, -0.15) is 10.2 Å². The van der Waals surface area contributed by atoms with Gasteiger partial charge >= 0.3 is 0 Å². The molecule has 1 aliphatic rings. The van der Waals surface area contributed by atoms with Gasteiger partial charge in [0.25, 0.3) is 0 Å². The molecular formula is C17H20N8O. The first-order valence-electron chi connectivity index (χ1n) is 8.59. The maximum Gasteiger partial charge on any atom is 0.247 e. The molecule has 9 heteroatoms. The molecule has 0 spiro atoms. The number of nitrogens with zero attached hydrogens (tertiary/aromatic N) is 8. The minimum absolute atomic E-state index is 0.0912. The molecular weight excluding hydrogens is 332 g/mol. The van der Waals surface area contributed by atoms with Crippen molar-refractivity contribution in [3.63, 3.8) is 0 Å². The van der Waals surface area contributed by atoms with Gasteiger partial charge in [-0.25, -0.2) is 4.68 Å². The first kappa shape index (κ1) is 16.2. The van der Waals surface area contributed by atoms with Gasteiger partial charge in [-0.3, -0.25) is 9.48 Å². The largest absolute Gasteiger partial charge is 0.352 e. The van der Waals surface area contributed by atoms with Crippen LogP contribution in [0.4, 0.5) is 5.82 Å². The summed E-state index contributed by atoms with van der Waals surface area (Å²) in [5, 5.41) is 16.8. The molecule has 0 aliphatic carbocycles. The molecule has 1 unspecified atom stereocenters. The topological polar surface area (TPSA) is 85.0 Å². The highest BCUT2D eigenvalue weighted by Crippen LogP contribution is 2.16. The standard InChI is InChI=1S/C17H20N8O/c1-14(24-8-2-6-18-24)17(26)23-12-10-22(11-13-23)15-4-5-16(21-20-15)25-9-3-7-19-25/h2-9,14H,10-13H2,1H3. The number of hydrogen-bond acceptors (Lipinski definition) is 6. The highest BCUT2D eigenvalue weighted by atomic mass is 16.2. The number of hydrogen-bond donors (Lipinski definition) is 0. The highest BCUT2D eigenvalue weighted by Gasteiger charge is 2.26. The van der Waals surface area contributed by atoms with Crippen molar-refractivity contribution in [3.05, 3.63) is 49.1 Å². The van der Waals surface area contributed by atoms with E-state index in [-0.39, 0.29) is 11.9 Å². The summed E-state index contributed by atoms with van der Waals surface area (Å²) in [7, 11) is 0. The first-order chi connectivity index (χ1) is 12.7. The summed E-state index contributed by atoms with van der Waals surface area (Å²) in [6, 6.07) is 7.22. The molecule has 1 aliphatic heterocycles. The summed E-state index contributed by atoms with van der Waals surface area (Å²) in [5.41, 5.74) is 0. The van der Waals surface area contributed by atoms with Crippen LogP contribution in [0.25, 0.3) is 5.82 Å². The zero-order chi connectivity index (χ0) is 17.9. The van der Waals surface area contributed by atoms with Crippen LogP contribution in [0, 0.1) is 0 Å². The molecule has 9 nitrogen and oxygen atoms in total. The molecule has 1 atom stereocenters. The van der Waals surface area contributed by atoms with E-state index in [0.29, 0.717) is 18.9 Å². The second-order valence-electron chi connectivity index (χ2n) is 6.17. The lowest BCUT2D eigenvalue weighted by Gasteiger charge is -2.36. The zero-order valence-corrected chi connectivity index (χ0v) is 14.5. The Labute approximate surface area is 150 Å². The fraction of sp³-hybridized carbons (Fsp3) is 0.353. The Hall–Kier alpha value is -3.23. The van der Waals surface area contributed by atoms with Crippen LogP contribution in [0.1, 0.15) is 13.0 Å². The van der Waals surface area contributed by atoms with E-state index in [2.05, 4.69) is 25.3 Å². The van der Waals surface area contributed by atoms with Crippen LogP contribution in [-0.2, 0) is 4.79 Å². The lowest BCUT2D eigenvalue weighted by atomic mass is 10.2. The molecule has 0 bridgehead atoms. The van der Waals surface area contributed by atoms with Crippen LogP contribution in [0.5, 0.6) is 0 Å². The molecule has 0 radical (unpaired) electrons. The molecule has 0 aromatic carbocycles. The molecule has 1 amide bonds. The van der Waals surface area contributed by atoms with Crippen LogP contribution < -0.4 is 4.90 Å². The number of amides is 1. The summed E-state index contributed by atoms with van der Waals surface area (Å²) >= 11 is 0. The quantitative estimate of drug-likeness (QED) is 0.689. The van der Waals surface area contributed by atoms with Gasteiger partial charge in [0, 0.05) is 51.0 Å². The van der Waals surface area contributed by atoms with Crippen molar-refractivity contribution in [3.8, 4) is 5.82 Å². The van der Waals surface area contributed by atoms with E-state index in [9.17, 15) is 4.79 Å². The molecule has 3 aromatic rings. The average Bonchev–Trinajstić information content (AvgIpc) is 3.41. The van der Waals surface area contributed by atoms with E-state index in [1.54, 1.807) is 21.8 Å². The van der Waals surface area contributed by atoms with Crippen LogP contribution in [0.2, 0.25) is 0 Å². The zero-order valence-electron chi connectivity index (χ0n) is 14.5. The third kappa shape index (κ3) is 3.15. The van der Waals surface area contributed by atoms with E-state index in [0.717, 1.165) is 18.9 Å². The Bertz CT molecular complexity index is 836. The second kappa shape index (κ2) is 6.95. The highest BCUT2D eigenvalue weighted by molar-refractivity contribution is 5.80. The monoisotopic (exact) mass is 352 g/mol. The van der Waals surface area contributed by atoms with Crippen molar-refractivity contribution in [1.82, 2.24) is 34.7 Å². The molecule has 0 N–H and O–H groups in total. The number of aromatic nitrogens is 6. The fourth-order valence-corrected chi connectivity index (χ4v) is 3.06. The number of anilines is 1. The van der Waals surface area contributed by atoms with E-state index in [1.807, 2.05) is 48.5 Å². The van der Waals surface area contributed by atoms with Crippen molar-refractivity contribution in [2.75, 3.05) is 31.1 Å². The summed E-state index contributed by atoms with van der Waals surface area (Å²) in [5.74, 6) is 1.59. The van der Waals surface area contributed by atoms with Gasteiger partial charge in [-0.1, -0.05) is 0 Å². The summed E-state index contributed by atoms with van der Waals surface area (Å²) in [6.07, 6.45) is 7.04. The SMILES string of the molecule is CC(C(=O)N1CCN(c2ccc(-n3cccn3)nn2)CC1)n1cccn1. The minimum Gasteiger partial charge on any atom is -0.352 e. The Balaban J connectivity index is 1.37. The van der Waals surface area contributed by atoms with Crippen LogP contribution in [-0.4, -0.2) is 66.7 Å². The summed E-state index contributed by atoms with van der Waals surface area (Å²) in [4.78, 5) is 16.6. The fourth-order valence-electron chi connectivity index (χ4n) is 3.06. The third-order valence-corrected chi connectivity index (χ3v) is 4.57. The van der Waals surface area contributed by atoms with E-state index in [1.165, 1.54) is 0 Å². The Kier molecular flexibility index (Phi) is 4.34. The van der Waals surface area contributed by atoms with Gasteiger partial charge in [-0.05, 0) is 31.2 Å². The van der Waals surface area contributed by atoms with Crippen molar-refractivity contribution < 1.29 is 4.79 Å². The average molecular weight is 352 g/mol.